The zero-order chi connectivity index (χ0) is 12.0. The summed E-state index contributed by atoms with van der Waals surface area (Å²) < 4.78 is 0. The number of aliphatic imine (C=N–C) groups is 1. The summed E-state index contributed by atoms with van der Waals surface area (Å²) in [7, 11) is 1.64. The van der Waals surface area contributed by atoms with E-state index in [2.05, 4.69) is 22.2 Å². The fourth-order valence-electron chi connectivity index (χ4n) is 1.06. The Morgan fingerprint density at radius 3 is 2.33 bits per heavy atom. The lowest BCUT2D eigenvalue weighted by Gasteiger charge is -2.15. The Balaban J connectivity index is 4.77. The van der Waals surface area contributed by atoms with E-state index < -0.39 is 0 Å². The number of amidine groups is 1. The minimum atomic E-state index is 0.288. The first kappa shape index (κ1) is 13.8. The van der Waals surface area contributed by atoms with E-state index in [0.717, 1.165) is 5.70 Å². The van der Waals surface area contributed by atoms with E-state index in [1.807, 2.05) is 20.8 Å². The van der Waals surface area contributed by atoms with Gasteiger partial charge >= 0.3 is 0 Å². The molecule has 0 saturated heterocycles. The van der Waals surface area contributed by atoms with Crippen LogP contribution in [0.1, 0.15) is 20.8 Å². The molecule has 0 saturated carbocycles. The van der Waals surface area contributed by atoms with Crippen LogP contribution in [0.25, 0.3) is 0 Å². The average Bonchev–Trinajstić information content (AvgIpc) is 2.11. The lowest BCUT2D eigenvalue weighted by atomic mass is 10.3. The lowest BCUT2D eigenvalue weighted by molar-refractivity contribution is 0.665. The van der Waals surface area contributed by atoms with E-state index in [1.54, 1.807) is 7.05 Å². The van der Waals surface area contributed by atoms with Gasteiger partial charge in [-0.05, 0) is 20.8 Å². The Morgan fingerprint density at radius 2 is 2.00 bits per heavy atom. The smallest absolute Gasteiger partial charge is 0.151 e. The second kappa shape index (κ2) is 6.35. The Kier molecular flexibility index (Phi) is 5.86. The molecule has 0 atom stereocenters. The quantitative estimate of drug-likeness (QED) is 0.390. The monoisotopic (exact) mass is 230 g/mol. The minimum absolute atomic E-state index is 0.288. The van der Waals surface area contributed by atoms with Crippen molar-refractivity contribution in [1.29, 1.82) is 0 Å². The molecule has 0 spiro atoms. The molecule has 4 nitrogen and oxygen atoms in total. The van der Waals surface area contributed by atoms with Crippen LogP contribution in [0.5, 0.6) is 0 Å². The summed E-state index contributed by atoms with van der Waals surface area (Å²) in [6.07, 6.45) is 0. The number of allylic oxidation sites excluding steroid dienone is 1. The van der Waals surface area contributed by atoms with Crippen molar-refractivity contribution in [3.05, 3.63) is 23.1 Å². The first-order valence-electron chi connectivity index (χ1n) is 4.70. The maximum Gasteiger partial charge on any atom is 0.151 e. The molecule has 0 heterocycles. The van der Waals surface area contributed by atoms with E-state index in [0.29, 0.717) is 17.6 Å². The van der Waals surface area contributed by atoms with Gasteiger partial charge in [-0.1, -0.05) is 18.2 Å². The molecule has 0 rings (SSSR count). The molecule has 0 aliphatic heterocycles. The molecule has 0 aromatic heterocycles. The minimum Gasteiger partial charge on any atom is -0.394 e. The number of hydrogen-bond donors (Lipinski definition) is 3. The number of nitrogens with zero attached hydrogens (tertiary/aromatic N) is 1. The number of nitrogens with one attached hydrogen (secondary N) is 2. The van der Waals surface area contributed by atoms with Crippen molar-refractivity contribution < 1.29 is 0 Å². The fraction of sp³-hybridized carbons (Fsp3) is 0.500. The first-order chi connectivity index (χ1) is 6.88. The lowest BCUT2D eigenvalue weighted by Crippen LogP contribution is -2.32. The summed E-state index contributed by atoms with van der Waals surface area (Å²) in [6.45, 7) is 9.48. The third-order valence-electron chi connectivity index (χ3n) is 1.64. The van der Waals surface area contributed by atoms with Crippen molar-refractivity contribution in [3.8, 4) is 0 Å². The van der Waals surface area contributed by atoms with Crippen LogP contribution >= 0.6 is 11.6 Å². The van der Waals surface area contributed by atoms with Gasteiger partial charge in [-0.25, -0.2) is 0 Å². The third-order valence-corrected chi connectivity index (χ3v) is 1.74. The van der Waals surface area contributed by atoms with Gasteiger partial charge in [0.1, 0.15) is 5.16 Å². The molecule has 0 radical (unpaired) electrons. The molecular formula is C10H19ClN4. The van der Waals surface area contributed by atoms with Crippen molar-refractivity contribution in [3.63, 3.8) is 0 Å². The Bertz CT molecular complexity index is 292. The zero-order valence-electron chi connectivity index (χ0n) is 9.69. The van der Waals surface area contributed by atoms with Crippen molar-refractivity contribution >= 4 is 17.4 Å². The number of rotatable bonds is 4. The number of hydrogen-bond acceptors (Lipinski definition) is 3. The SMILES string of the molecule is C=C(Cl)NC(=NC)/C(N)=C(\C)NC(C)C. The van der Waals surface area contributed by atoms with Gasteiger partial charge in [0.25, 0.3) is 0 Å². The van der Waals surface area contributed by atoms with Gasteiger partial charge in [-0.15, -0.1) is 0 Å². The highest BCUT2D eigenvalue weighted by atomic mass is 35.5. The van der Waals surface area contributed by atoms with Crippen molar-refractivity contribution in [2.24, 2.45) is 10.7 Å². The number of nitrogens with two attached hydrogens (primary N) is 1. The highest BCUT2D eigenvalue weighted by Crippen LogP contribution is 2.00. The molecular weight excluding hydrogens is 212 g/mol. The van der Waals surface area contributed by atoms with E-state index >= 15 is 0 Å². The summed E-state index contributed by atoms with van der Waals surface area (Å²) >= 11 is 5.62. The molecule has 0 amide bonds. The standard InChI is InChI=1S/C10H19ClN4/c1-6(2)14-7(3)9(12)10(13-5)15-8(4)11/h6,14H,4,12H2,1-3,5H3,(H,13,15)/b9-7-. The molecule has 0 aromatic carbocycles. The predicted octanol–water partition coefficient (Wildman–Crippen LogP) is 1.50. The molecule has 5 heteroatoms. The molecule has 0 aromatic rings. The summed E-state index contributed by atoms with van der Waals surface area (Å²) in [5, 5.41) is 6.26. The topological polar surface area (TPSA) is 62.4 Å². The van der Waals surface area contributed by atoms with Crippen LogP contribution in [0.15, 0.2) is 28.1 Å². The maximum absolute atomic E-state index is 5.89. The van der Waals surface area contributed by atoms with E-state index in [-0.39, 0.29) is 5.16 Å². The van der Waals surface area contributed by atoms with Gasteiger partial charge in [0.15, 0.2) is 5.84 Å². The first-order valence-corrected chi connectivity index (χ1v) is 5.07. The predicted molar refractivity (Wildman–Crippen MR) is 66.6 cm³/mol. The van der Waals surface area contributed by atoms with Gasteiger partial charge in [-0.3, -0.25) is 4.99 Å². The van der Waals surface area contributed by atoms with E-state index in [1.165, 1.54) is 0 Å². The molecule has 0 fully saturated rings. The van der Waals surface area contributed by atoms with Crippen molar-refractivity contribution in [2.45, 2.75) is 26.8 Å². The Morgan fingerprint density at radius 1 is 1.47 bits per heavy atom. The normalized spacial score (nSPS) is 13.6. The van der Waals surface area contributed by atoms with Crippen LogP contribution in [0.3, 0.4) is 0 Å². The Hall–Kier alpha value is -1.16. The zero-order valence-corrected chi connectivity index (χ0v) is 10.4. The molecule has 0 aliphatic carbocycles. The molecule has 4 N–H and O–H groups in total. The number of halogens is 1. The fourth-order valence-corrected chi connectivity index (χ4v) is 1.15. The summed E-state index contributed by atoms with van der Waals surface area (Å²) in [5.41, 5.74) is 7.29. The van der Waals surface area contributed by atoms with Gasteiger partial charge in [0.05, 0.1) is 5.70 Å². The largest absolute Gasteiger partial charge is 0.394 e. The van der Waals surface area contributed by atoms with Crippen molar-refractivity contribution in [2.75, 3.05) is 7.05 Å². The van der Waals surface area contributed by atoms with Crippen LogP contribution in [0.2, 0.25) is 0 Å². The van der Waals surface area contributed by atoms with Gasteiger partial charge in [0, 0.05) is 18.8 Å². The van der Waals surface area contributed by atoms with Crippen LogP contribution in [-0.2, 0) is 0 Å². The summed E-state index contributed by atoms with van der Waals surface area (Å²) in [4.78, 5) is 3.99. The molecule has 86 valence electrons. The summed E-state index contributed by atoms with van der Waals surface area (Å²) in [5.74, 6) is 0.514. The van der Waals surface area contributed by atoms with Gasteiger partial charge in [0.2, 0.25) is 0 Å². The van der Waals surface area contributed by atoms with E-state index in [9.17, 15) is 0 Å². The summed E-state index contributed by atoms with van der Waals surface area (Å²) in [6, 6.07) is 0.320. The van der Waals surface area contributed by atoms with Gasteiger partial charge in [-0.2, -0.15) is 0 Å². The van der Waals surface area contributed by atoms with Crippen LogP contribution in [0, 0.1) is 0 Å². The Labute approximate surface area is 96.3 Å². The maximum atomic E-state index is 5.89. The second-order valence-electron chi connectivity index (χ2n) is 3.44. The van der Waals surface area contributed by atoms with Crippen LogP contribution in [-0.4, -0.2) is 18.9 Å². The van der Waals surface area contributed by atoms with Crippen LogP contribution in [0.4, 0.5) is 0 Å². The molecule has 15 heavy (non-hydrogen) atoms. The molecule has 0 unspecified atom stereocenters. The highest BCUT2D eigenvalue weighted by molar-refractivity contribution is 6.30. The highest BCUT2D eigenvalue weighted by Gasteiger charge is 2.07. The van der Waals surface area contributed by atoms with Crippen molar-refractivity contribution in [1.82, 2.24) is 10.6 Å². The van der Waals surface area contributed by atoms with Gasteiger partial charge < -0.3 is 16.4 Å². The average molecular weight is 231 g/mol. The molecule has 0 aliphatic rings. The second-order valence-corrected chi connectivity index (χ2v) is 3.90. The van der Waals surface area contributed by atoms with Crippen LogP contribution < -0.4 is 16.4 Å². The van der Waals surface area contributed by atoms with E-state index in [4.69, 9.17) is 17.3 Å². The third kappa shape index (κ3) is 5.32. The molecule has 0 bridgehead atoms.